The highest BCUT2D eigenvalue weighted by Crippen LogP contribution is 2.29. The van der Waals surface area contributed by atoms with Crippen LogP contribution in [0.25, 0.3) is 0 Å². The quantitative estimate of drug-likeness (QED) is 0.809. The number of ether oxygens (including phenoxy) is 3. The summed E-state index contributed by atoms with van der Waals surface area (Å²) < 4.78 is 16.3. The highest BCUT2D eigenvalue weighted by Gasteiger charge is 2.30. The third kappa shape index (κ3) is 5.09. The lowest BCUT2D eigenvalue weighted by Gasteiger charge is -2.35. The lowest BCUT2D eigenvalue weighted by Crippen LogP contribution is -2.49. The zero-order chi connectivity index (χ0) is 18.4. The maximum absolute atomic E-state index is 12.8. The standard InChI is InChI=1S/C18H25NO6/c1-12(2)10-25-15-5-4-13(8-16(15)23-3)18(22)19-6-7-24-11-14(19)9-17(20)21/h4-5,8,12,14H,6-7,9-11H2,1-3H3,(H,20,21). The summed E-state index contributed by atoms with van der Waals surface area (Å²) in [6, 6.07) is 4.54. The lowest BCUT2D eigenvalue weighted by molar-refractivity contribution is -0.139. The molecule has 0 spiro atoms. The Kier molecular flexibility index (Phi) is 6.64. The minimum atomic E-state index is -0.955. The molecule has 0 bridgehead atoms. The van der Waals surface area contributed by atoms with Crippen LogP contribution >= 0.6 is 0 Å². The predicted octanol–water partition coefficient (Wildman–Crippen LogP) is 2.05. The van der Waals surface area contributed by atoms with Gasteiger partial charge in [-0.3, -0.25) is 9.59 Å². The molecule has 1 heterocycles. The molecule has 25 heavy (non-hydrogen) atoms. The van der Waals surface area contributed by atoms with Gasteiger partial charge in [0.15, 0.2) is 11.5 Å². The summed E-state index contributed by atoms with van der Waals surface area (Å²) in [5.41, 5.74) is 0.436. The fourth-order valence-corrected chi connectivity index (χ4v) is 2.64. The fourth-order valence-electron chi connectivity index (χ4n) is 2.64. The van der Waals surface area contributed by atoms with Crippen molar-refractivity contribution in [2.75, 3.05) is 33.5 Å². The molecule has 1 aromatic carbocycles. The smallest absolute Gasteiger partial charge is 0.305 e. The van der Waals surface area contributed by atoms with Crippen molar-refractivity contribution in [3.63, 3.8) is 0 Å². The van der Waals surface area contributed by atoms with E-state index in [1.54, 1.807) is 23.1 Å². The molecule has 7 heteroatoms. The number of nitrogens with zero attached hydrogens (tertiary/aromatic N) is 1. The number of carbonyl (C=O) groups excluding carboxylic acids is 1. The first-order chi connectivity index (χ1) is 11.9. The Morgan fingerprint density at radius 2 is 2.12 bits per heavy atom. The summed E-state index contributed by atoms with van der Waals surface area (Å²) in [4.78, 5) is 25.4. The number of carboxylic acid groups (broad SMARTS) is 1. The van der Waals surface area contributed by atoms with E-state index in [2.05, 4.69) is 0 Å². The van der Waals surface area contributed by atoms with Crippen molar-refractivity contribution >= 4 is 11.9 Å². The van der Waals surface area contributed by atoms with E-state index < -0.39 is 12.0 Å². The number of benzene rings is 1. The van der Waals surface area contributed by atoms with Gasteiger partial charge >= 0.3 is 5.97 Å². The van der Waals surface area contributed by atoms with E-state index in [0.717, 1.165) is 0 Å². The van der Waals surface area contributed by atoms with Crippen LogP contribution in [-0.4, -0.2) is 61.4 Å². The summed E-state index contributed by atoms with van der Waals surface area (Å²) in [7, 11) is 1.52. The van der Waals surface area contributed by atoms with Crippen molar-refractivity contribution in [3.8, 4) is 11.5 Å². The molecule has 0 aromatic heterocycles. The summed E-state index contributed by atoms with van der Waals surface area (Å²) in [6.07, 6.45) is -0.140. The maximum Gasteiger partial charge on any atom is 0.305 e. The Hall–Kier alpha value is -2.28. The number of morpholine rings is 1. The van der Waals surface area contributed by atoms with Gasteiger partial charge in [-0.15, -0.1) is 0 Å². The number of aliphatic carboxylic acids is 1. The molecule has 1 amide bonds. The van der Waals surface area contributed by atoms with Crippen molar-refractivity contribution in [1.82, 2.24) is 4.90 Å². The molecule has 1 unspecified atom stereocenters. The molecule has 1 aliphatic rings. The molecule has 138 valence electrons. The predicted molar refractivity (Wildman–Crippen MR) is 91.2 cm³/mol. The number of methoxy groups -OCH3 is 1. The normalized spacial score (nSPS) is 17.4. The molecule has 1 fully saturated rings. The molecular formula is C18H25NO6. The van der Waals surface area contributed by atoms with Crippen LogP contribution in [0.4, 0.5) is 0 Å². The average molecular weight is 351 g/mol. The zero-order valence-electron chi connectivity index (χ0n) is 14.9. The Morgan fingerprint density at radius 1 is 1.36 bits per heavy atom. The largest absolute Gasteiger partial charge is 0.493 e. The van der Waals surface area contributed by atoms with E-state index in [0.29, 0.717) is 42.7 Å². The Balaban J connectivity index is 2.18. The molecule has 0 radical (unpaired) electrons. The molecule has 1 N–H and O–H groups in total. The molecule has 0 saturated carbocycles. The van der Waals surface area contributed by atoms with Gasteiger partial charge in [0.25, 0.3) is 5.91 Å². The van der Waals surface area contributed by atoms with E-state index in [4.69, 9.17) is 19.3 Å². The highest BCUT2D eigenvalue weighted by molar-refractivity contribution is 5.95. The zero-order valence-corrected chi connectivity index (χ0v) is 14.9. The Morgan fingerprint density at radius 3 is 2.76 bits per heavy atom. The summed E-state index contributed by atoms with van der Waals surface area (Å²) in [6.45, 7) is 5.63. The van der Waals surface area contributed by atoms with Crippen LogP contribution in [0.5, 0.6) is 11.5 Å². The first kappa shape index (κ1) is 19.1. The number of hydrogen-bond donors (Lipinski definition) is 1. The van der Waals surface area contributed by atoms with Crippen LogP contribution in [-0.2, 0) is 9.53 Å². The summed E-state index contributed by atoms with van der Waals surface area (Å²) in [5, 5.41) is 9.03. The first-order valence-corrected chi connectivity index (χ1v) is 8.33. The summed E-state index contributed by atoms with van der Waals surface area (Å²) in [5.74, 6) is 0.245. The summed E-state index contributed by atoms with van der Waals surface area (Å²) >= 11 is 0. The third-order valence-corrected chi connectivity index (χ3v) is 3.88. The molecule has 0 aliphatic carbocycles. The van der Waals surface area contributed by atoms with Crippen LogP contribution in [0.15, 0.2) is 18.2 Å². The molecule has 1 atom stereocenters. The van der Waals surface area contributed by atoms with Crippen molar-refractivity contribution in [2.45, 2.75) is 26.3 Å². The highest BCUT2D eigenvalue weighted by atomic mass is 16.5. The Bertz CT molecular complexity index is 616. The van der Waals surface area contributed by atoms with Crippen molar-refractivity contribution in [2.24, 2.45) is 5.92 Å². The topological polar surface area (TPSA) is 85.3 Å². The van der Waals surface area contributed by atoms with Crippen molar-refractivity contribution < 1.29 is 28.9 Å². The third-order valence-electron chi connectivity index (χ3n) is 3.88. The molecule has 1 aromatic rings. The average Bonchev–Trinajstić information content (AvgIpc) is 2.59. The number of carbonyl (C=O) groups is 2. The van der Waals surface area contributed by atoms with Gasteiger partial charge in [0.1, 0.15) is 0 Å². The number of hydrogen-bond acceptors (Lipinski definition) is 5. The van der Waals surface area contributed by atoms with Gasteiger partial charge in [0.2, 0.25) is 0 Å². The van der Waals surface area contributed by atoms with E-state index in [-0.39, 0.29) is 18.9 Å². The van der Waals surface area contributed by atoms with Crippen LogP contribution in [0.3, 0.4) is 0 Å². The van der Waals surface area contributed by atoms with Crippen molar-refractivity contribution in [1.29, 1.82) is 0 Å². The maximum atomic E-state index is 12.8. The Labute approximate surface area is 147 Å². The molecule has 1 aliphatic heterocycles. The molecule has 1 saturated heterocycles. The van der Waals surface area contributed by atoms with Crippen LogP contribution in [0.1, 0.15) is 30.6 Å². The molecule has 2 rings (SSSR count). The number of rotatable bonds is 7. The van der Waals surface area contributed by atoms with Crippen molar-refractivity contribution in [3.05, 3.63) is 23.8 Å². The van der Waals surface area contributed by atoms with Gasteiger partial charge in [0.05, 0.1) is 39.4 Å². The second-order valence-electron chi connectivity index (χ2n) is 6.40. The second kappa shape index (κ2) is 8.71. The fraction of sp³-hybridized carbons (Fsp3) is 0.556. The van der Waals surface area contributed by atoms with E-state index in [1.807, 2.05) is 13.8 Å². The SMILES string of the molecule is COc1cc(C(=O)N2CCOCC2CC(=O)O)ccc1OCC(C)C. The van der Waals surface area contributed by atoms with Gasteiger partial charge in [-0.1, -0.05) is 13.8 Å². The number of amides is 1. The first-order valence-electron chi connectivity index (χ1n) is 8.33. The second-order valence-corrected chi connectivity index (χ2v) is 6.40. The van der Waals surface area contributed by atoms with E-state index in [1.165, 1.54) is 7.11 Å². The minimum Gasteiger partial charge on any atom is -0.493 e. The van der Waals surface area contributed by atoms with Crippen LogP contribution < -0.4 is 9.47 Å². The molecule has 7 nitrogen and oxygen atoms in total. The van der Waals surface area contributed by atoms with Crippen LogP contribution in [0, 0.1) is 5.92 Å². The van der Waals surface area contributed by atoms with Gasteiger partial charge in [-0.2, -0.15) is 0 Å². The minimum absolute atomic E-state index is 0.140. The van der Waals surface area contributed by atoms with Gasteiger partial charge in [-0.05, 0) is 24.1 Å². The van der Waals surface area contributed by atoms with Crippen LogP contribution in [0.2, 0.25) is 0 Å². The van der Waals surface area contributed by atoms with Gasteiger partial charge in [0, 0.05) is 12.1 Å². The monoisotopic (exact) mass is 351 g/mol. The number of carboxylic acids is 1. The molecular weight excluding hydrogens is 326 g/mol. The van der Waals surface area contributed by atoms with Gasteiger partial charge < -0.3 is 24.2 Å². The van der Waals surface area contributed by atoms with E-state index in [9.17, 15) is 9.59 Å². The van der Waals surface area contributed by atoms with E-state index >= 15 is 0 Å². The lowest BCUT2D eigenvalue weighted by atomic mass is 10.1. The van der Waals surface area contributed by atoms with Gasteiger partial charge in [-0.25, -0.2) is 0 Å².